The van der Waals surface area contributed by atoms with Gasteiger partial charge in [0.25, 0.3) is 11.8 Å². The molecule has 0 radical (unpaired) electrons. The molecule has 0 atom stereocenters. The van der Waals surface area contributed by atoms with Gasteiger partial charge in [-0.2, -0.15) is 13.2 Å². The molecule has 0 spiro atoms. The summed E-state index contributed by atoms with van der Waals surface area (Å²) in [5, 5.41) is 0. The minimum atomic E-state index is -4.46. The largest absolute Gasteiger partial charge is 0.455 e. The zero-order valence-corrected chi connectivity index (χ0v) is 18.2. The molecule has 2 aromatic carbocycles. The fourth-order valence-electron chi connectivity index (χ4n) is 3.61. The van der Waals surface area contributed by atoms with Crippen LogP contribution in [0.25, 0.3) is 0 Å². The number of halogens is 3. The van der Waals surface area contributed by atoms with E-state index in [9.17, 15) is 27.6 Å². The summed E-state index contributed by atoms with van der Waals surface area (Å²) in [5.41, 5.74) is 0.310. The number of likely N-dealkylation sites (N-methyl/N-ethyl adjacent to an activating group) is 1. The van der Waals surface area contributed by atoms with E-state index >= 15 is 0 Å². The smallest absolute Gasteiger partial charge is 0.416 e. The summed E-state index contributed by atoms with van der Waals surface area (Å²) < 4.78 is 43.2. The lowest BCUT2D eigenvalue weighted by molar-refractivity contribution is -0.156. The van der Waals surface area contributed by atoms with E-state index in [1.165, 1.54) is 9.80 Å². The molecule has 3 rings (SSSR count). The van der Waals surface area contributed by atoms with Crippen LogP contribution in [0.4, 0.5) is 13.2 Å². The first kappa shape index (κ1) is 24.3. The number of carbonyl (C=O) groups excluding carboxylic acids is 3. The van der Waals surface area contributed by atoms with Gasteiger partial charge in [0.15, 0.2) is 6.61 Å². The van der Waals surface area contributed by atoms with Gasteiger partial charge < -0.3 is 14.5 Å². The lowest BCUT2D eigenvalue weighted by Crippen LogP contribution is -2.41. The average molecular weight is 462 g/mol. The molecule has 1 heterocycles. The van der Waals surface area contributed by atoms with Gasteiger partial charge in [0.2, 0.25) is 0 Å². The number of ether oxygens (including phenoxy) is 1. The molecule has 0 N–H and O–H groups in total. The Morgan fingerprint density at radius 2 is 1.61 bits per heavy atom. The average Bonchev–Trinajstić information content (AvgIpc) is 2.82. The van der Waals surface area contributed by atoms with E-state index in [2.05, 4.69) is 0 Å². The van der Waals surface area contributed by atoms with Crippen molar-refractivity contribution in [2.75, 3.05) is 26.7 Å². The lowest BCUT2D eigenvalue weighted by atomic mass is 9.96. The summed E-state index contributed by atoms with van der Waals surface area (Å²) in [4.78, 5) is 40.1. The predicted molar refractivity (Wildman–Crippen MR) is 114 cm³/mol. The fourth-order valence-corrected chi connectivity index (χ4v) is 3.61. The van der Waals surface area contributed by atoms with E-state index in [4.69, 9.17) is 4.74 Å². The lowest BCUT2D eigenvalue weighted by Gasteiger charge is -2.31. The molecule has 1 saturated heterocycles. The van der Waals surface area contributed by atoms with Crippen LogP contribution in [0.5, 0.6) is 0 Å². The Morgan fingerprint density at radius 1 is 1.00 bits per heavy atom. The Bertz CT molecular complexity index is 969. The van der Waals surface area contributed by atoms with Crippen LogP contribution in [-0.2, 0) is 27.0 Å². The molecule has 1 aliphatic heterocycles. The molecule has 0 unspecified atom stereocenters. The number of piperidine rings is 1. The van der Waals surface area contributed by atoms with Crippen molar-refractivity contribution in [1.29, 1.82) is 0 Å². The van der Waals surface area contributed by atoms with Crippen LogP contribution in [0.15, 0.2) is 54.6 Å². The Morgan fingerprint density at radius 3 is 2.18 bits per heavy atom. The Hall–Kier alpha value is -3.36. The normalized spacial score (nSPS) is 14.6. The van der Waals surface area contributed by atoms with E-state index in [0.717, 1.165) is 29.8 Å². The van der Waals surface area contributed by atoms with Crippen molar-refractivity contribution in [2.45, 2.75) is 25.6 Å². The third-order valence-electron chi connectivity index (χ3n) is 5.60. The monoisotopic (exact) mass is 462 g/mol. The molecule has 2 aromatic rings. The third kappa shape index (κ3) is 6.57. The highest BCUT2D eigenvalue weighted by atomic mass is 19.4. The Balaban J connectivity index is 1.44. The van der Waals surface area contributed by atoms with Gasteiger partial charge >= 0.3 is 12.1 Å². The second kappa shape index (κ2) is 10.5. The molecule has 1 fully saturated rings. The fraction of sp³-hybridized carbons (Fsp3) is 0.375. The predicted octanol–water partition coefficient (Wildman–Crippen LogP) is 3.76. The number of alkyl halides is 3. The van der Waals surface area contributed by atoms with E-state index < -0.39 is 23.6 Å². The summed E-state index contributed by atoms with van der Waals surface area (Å²) >= 11 is 0. The van der Waals surface area contributed by atoms with Crippen LogP contribution < -0.4 is 0 Å². The minimum absolute atomic E-state index is 0.163. The number of rotatable bonds is 6. The van der Waals surface area contributed by atoms with E-state index in [-0.39, 0.29) is 37.1 Å². The SMILES string of the molecule is CN(Cc1ccccc1)C(=O)COC(=O)C1CCN(C(=O)c2ccc(C(F)(F)F)cc2)CC1. The van der Waals surface area contributed by atoms with Crippen molar-refractivity contribution in [3.8, 4) is 0 Å². The van der Waals surface area contributed by atoms with Crippen LogP contribution in [-0.4, -0.2) is 54.3 Å². The van der Waals surface area contributed by atoms with Crippen molar-refractivity contribution in [1.82, 2.24) is 9.80 Å². The third-order valence-corrected chi connectivity index (χ3v) is 5.60. The van der Waals surface area contributed by atoms with Gasteiger partial charge in [-0.15, -0.1) is 0 Å². The van der Waals surface area contributed by atoms with Crippen molar-refractivity contribution < 1.29 is 32.3 Å². The number of benzene rings is 2. The van der Waals surface area contributed by atoms with Gasteiger partial charge in [0.1, 0.15) is 0 Å². The minimum Gasteiger partial charge on any atom is -0.455 e. The van der Waals surface area contributed by atoms with Crippen LogP contribution in [0.3, 0.4) is 0 Å². The van der Waals surface area contributed by atoms with Gasteiger partial charge in [0, 0.05) is 32.2 Å². The first-order chi connectivity index (χ1) is 15.6. The number of hydrogen-bond donors (Lipinski definition) is 0. The van der Waals surface area contributed by atoms with Gasteiger partial charge in [-0.3, -0.25) is 14.4 Å². The summed E-state index contributed by atoms with van der Waals surface area (Å²) in [7, 11) is 1.63. The molecule has 2 amide bonds. The van der Waals surface area contributed by atoms with Crippen LogP contribution in [0.1, 0.15) is 34.3 Å². The first-order valence-corrected chi connectivity index (χ1v) is 10.6. The van der Waals surface area contributed by atoms with Gasteiger partial charge in [-0.25, -0.2) is 0 Å². The molecule has 9 heteroatoms. The van der Waals surface area contributed by atoms with Crippen molar-refractivity contribution >= 4 is 17.8 Å². The molecule has 0 bridgehead atoms. The molecule has 176 valence electrons. The van der Waals surface area contributed by atoms with Crippen LogP contribution in [0, 0.1) is 5.92 Å². The maximum absolute atomic E-state index is 12.7. The molecule has 1 aliphatic rings. The van der Waals surface area contributed by atoms with Gasteiger partial charge in [-0.05, 0) is 42.7 Å². The molecule has 0 saturated carbocycles. The molecular weight excluding hydrogens is 437 g/mol. The van der Waals surface area contributed by atoms with Crippen molar-refractivity contribution in [3.05, 3.63) is 71.3 Å². The zero-order valence-electron chi connectivity index (χ0n) is 18.2. The summed E-state index contributed by atoms with van der Waals surface area (Å²) in [6, 6.07) is 13.5. The number of hydrogen-bond acceptors (Lipinski definition) is 4. The topological polar surface area (TPSA) is 66.9 Å². The highest BCUT2D eigenvalue weighted by Gasteiger charge is 2.32. The number of esters is 1. The Labute approximate surface area is 189 Å². The van der Waals surface area contributed by atoms with Crippen molar-refractivity contribution in [3.63, 3.8) is 0 Å². The quantitative estimate of drug-likeness (QED) is 0.614. The van der Waals surface area contributed by atoms with Crippen LogP contribution in [0.2, 0.25) is 0 Å². The maximum Gasteiger partial charge on any atom is 0.416 e. The van der Waals surface area contributed by atoms with Crippen molar-refractivity contribution in [2.24, 2.45) is 5.92 Å². The molecule has 0 aliphatic carbocycles. The first-order valence-electron chi connectivity index (χ1n) is 10.6. The molecule has 33 heavy (non-hydrogen) atoms. The summed E-state index contributed by atoms with van der Waals surface area (Å²) in [6.45, 7) is 0.609. The van der Waals surface area contributed by atoms with E-state index in [1.807, 2.05) is 30.3 Å². The second-order valence-electron chi connectivity index (χ2n) is 7.98. The molecule has 0 aromatic heterocycles. The highest BCUT2D eigenvalue weighted by Crippen LogP contribution is 2.29. The maximum atomic E-state index is 12.7. The highest BCUT2D eigenvalue weighted by molar-refractivity contribution is 5.94. The van der Waals surface area contributed by atoms with Gasteiger partial charge in [-0.1, -0.05) is 30.3 Å². The summed E-state index contributed by atoms with van der Waals surface area (Å²) in [5.74, 6) is -1.62. The van der Waals surface area contributed by atoms with E-state index in [1.54, 1.807) is 7.05 Å². The Kier molecular flexibility index (Phi) is 7.73. The standard InChI is InChI=1S/C24H25F3N2O4/c1-28(15-17-5-3-2-4-6-17)21(30)16-33-23(32)19-11-13-29(14-12-19)22(31)18-7-9-20(10-8-18)24(25,26)27/h2-10,19H,11-16H2,1H3. The van der Waals surface area contributed by atoms with Crippen LogP contribution >= 0.6 is 0 Å². The zero-order chi connectivity index (χ0) is 24.0. The number of carbonyl (C=O) groups is 3. The number of amides is 2. The van der Waals surface area contributed by atoms with Gasteiger partial charge in [0.05, 0.1) is 11.5 Å². The molecular formula is C24H25F3N2O4. The van der Waals surface area contributed by atoms with E-state index in [0.29, 0.717) is 19.4 Å². The molecule has 6 nitrogen and oxygen atoms in total. The summed E-state index contributed by atoms with van der Waals surface area (Å²) in [6.07, 6.45) is -3.74. The second-order valence-corrected chi connectivity index (χ2v) is 7.98. The number of likely N-dealkylation sites (tertiary alicyclic amines) is 1. The number of nitrogens with zero attached hydrogens (tertiary/aromatic N) is 2.